The molecule has 112 valence electrons. The van der Waals surface area contributed by atoms with Crippen LogP contribution in [0.25, 0.3) is 0 Å². The molecule has 2 N–H and O–H groups in total. The van der Waals surface area contributed by atoms with Crippen molar-refractivity contribution >= 4 is 44.6 Å². The van der Waals surface area contributed by atoms with E-state index in [1.165, 1.54) is 0 Å². The van der Waals surface area contributed by atoms with Gasteiger partial charge in [-0.25, -0.2) is 13.2 Å². The number of hydrogen-bond acceptors (Lipinski definition) is 4. The van der Waals surface area contributed by atoms with Crippen LogP contribution in [-0.2, 0) is 10.0 Å². The average Bonchev–Trinajstić information content (AvgIpc) is 2.76. The molecule has 21 heavy (non-hydrogen) atoms. The summed E-state index contributed by atoms with van der Waals surface area (Å²) < 4.78 is 27.2. The molecule has 0 atom stereocenters. The van der Waals surface area contributed by atoms with Gasteiger partial charge in [0.15, 0.2) is 0 Å². The summed E-state index contributed by atoms with van der Waals surface area (Å²) in [6.07, 6.45) is 0. The Kier molecular flexibility index (Phi) is 4.27. The number of thiophene rings is 1. The third kappa shape index (κ3) is 3.37. The van der Waals surface area contributed by atoms with Crippen LogP contribution in [-0.4, -0.2) is 19.5 Å². The van der Waals surface area contributed by atoms with E-state index in [0.717, 1.165) is 17.4 Å². The lowest BCUT2D eigenvalue weighted by atomic mass is 10.2. The standard InChI is InChI=1S/C13H12ClNO4S2/c1-7-5-9(14)3-4-10(7)15-21(18,19)12-6-11(13(16)17)20-8(12)2/h3-6,15H,1-2H3,(H,16,17). The molecule has 1 aromatic carbocycles. The highest BCUT2D eigenvalue weighted by atomic mass is 35.5. The number of nitrogens with one attached hydrogen (secondary N) is 1. The largest absolute Gasteiger partial charge is 0.477 e. The van der Waals surface area contributed by atoms with E-state index in [2.05, 4.69) is 4.72 Å². The summed E-state index contributed by atoms with van der Waals surface area (Å²) in [5, 5.41) is 9.44. The topological polar surface area (TPSA) is 83.5 Å². The van der Waals surface area contributed by atoms with Crippen molar-refractivity contribution in [2.45, 2.75) is 18.7 Å². The van der Waals surface area contributed by atoms with Crippen LogP contribution in [0.15, 0.2) is 29.2 Å². The number of carbonyl (C=O) groups is 1. The Labute approximate surface area is 131 Å². The van der Waals surface area contributed by atoms with Gasteiger partial charge in [-0.1, -0.05) is 11.6 Å². The number of benzene rings is 1. The number of carboxylic acid groups (broad SMARTS) is 1. The second-order valence-electron chi connectivity index (χ2n) is 4.40. The molecule has 0 radical (unpaired) electrons. The molecule has 0 aliphatic heterocycles. The minimum atomic E-state index is -3.84. The first-order chi connectivity index (χ1) is 9.70. The Balaban J connectivity index is 2.41. The molecule has 2 aromatic rings. The minimum Gasteiger partial charge on any atom is -0.477 e. The summed E-state index contributed by atoms with van der Waals surface area (Å²) in [4.78, 5) is 11.3. The van der Waals surface area contributed by atoms with E-state index in [1.807, 2.05) is 0 Å². The highest BCUT2D eigenvalue weighted by Gasteiger charge is 2.22. The predicted molar refractivity (Wildman–Crippen MR) is 83.0 cm³/mol. The Morgan fingerprint density at radius 1 is 1.29 bits per heavy atom. The molecule has 0 amide bonds. The maximum atomic E-state index is 12.4. The zero-order chi connectivity index (χ0) is 15.8. The first-order valence-corrected chi connectivity index (χ1v) is 8.51. The van der Waals surface area contributed by atoms with Crippen molar-refractivity contribution in [3.05, 3.63) is 44.6 Å². The van der Waals surface area contributed by atoms with Gasteiger partial charge in [0.05, 0.1) is 5.69 Å². The Bertz CT molecular complexity index is 812. The quantitative estimate of drug-likeness (QED) is 0.888. The van der Waals surface area contributed by atoms with Crippen LogP contribution in [0.3, 0.4) is 0 Å². The zero-order valence-electron chi connectivity index (χ0n) is 11.2. The molecule has 0 bridgehead atoms. The molecule has 0 unspecified atom stereocenters. The Hall–Kier alpha value is -1.57. The van der Waals surface area contributed by atoms with Crippen molar-refractivity contribution in [3.8, 4) is 0 Å². The van der Waals surface area contributed by atoms with E-state index < -0.39 is 16.0 Å². The smallest absolute Gasteiger partial charge is 0.345 e. The summed E-state index contributed by atoms with van der Waals surface area (Å²) in [6, 6.07) is 5.95. The van der Waals surface area contributed by atoms with E-state index >= 15 is 0 Å². The fourth-order valence-corrected chi connectivity index (χ4v) is 4.57. The van der Waals surface area contributed by atoms with Gasteiger partial charge in [-0.05, 0) is 43.7 Å². The van der Waals surface area contributed by atoms with Gasteiger partial charge in [-0.2, -0.15) is 0 Å². The number of rotatable bonds is 4. The van der Waals surface area contributed by atoms with Crippen molar-refractivity contribution in [1.29, 1.82) is 0 Å². The number of halogens is 1. The third-order valence-electron chi connectivity index (χ3n) is 2.81. The Morgan fingerprint density at radius 2 is 1.95 bits per heavy atom. The van der Waals surface area contributed by atoms with Crippen LogP contribution in [0.1, 0.15) is 20.1 Å². The van der Waals surface area contributed by atoms with Crippen molar-refractivity contribution in [1.82, 2.24) is 0 Å². The second kappa shape index (κ2) is 5.67. The monoisotopic (exact) mass is 345 g/mol. The number of aromatic carboxylic acids is 1. The van der Waals surface area contributed by atoms with E-state index in [9.17, 15) is 13.2 Å². The van der Waals surface area contributed by atoms with E-state index in [-0.39, 0.29) is 9.77 Å². The molecule has 0 aliphatic rings. The normalized spacial score (nSPS) is 11.4. The lowest BCUT2D eigenvalue weighted by molar-refractivity contribution is 0.0702. The highest BCUT2D eigenvalue weighted by Crippen LogP contribution is 2.29. The van der Waals surface area contributed by atoms with Crippen molar-refractivity contribution in [3.63, 3.8) is 0 Å². The SMILES string of the molecule is Cc1cc(Cl)ccc1NS(=O)(=O)c1cc(C(=O)O)sc1C. The molecular weight excluding hydrogens is 334 g/mol. The maximum Gasteiger partial charge on any atom is 0.345 e. The third-order valence-corrected chi connectivity index (χ3v) is 5.70. The molecule has 5 nitrogen and oxygen atoms in total. The van der Waals surface area contributed by atoms with Crippen LogP contribution in [0.2, 0.25) is 5.02 Å². The summed E-state index contributed by atoms with van der Waals surface area (Å²) in [6.45, 7) is 3.30. The van der Waals surface area contributed by atoms with Crippen molar-refractivity contribution < 1.29 is 18.3 Å². The summed E-state index contributed by atoms with van der Waals surface area (Å²) >= 11 is 6.75. The molecule has 0 aliphatic carbocycles. The van der Waals surface area contributed by atoms with Crippen LogP contribution in [0.5, 0.6) is 0 Å². The first kappa shape index (κ1) is 15.8. The van der Waals surface area contributed by atoms with Gasteiger partial charge in [0.1, 0.15) is 9.77 Å². The lowest BCUT2D eigenvalue weighted by Crippen LogP contribution is -2.14. The Morgan fingerprint density at radius 3 is 2.48 bits per heavy atom. The molecule has 8 heteroatoms. The molecule has 0 fully saturated rings. The fraction of sp³-hybridized carbons (Fsp3) is 0.154. The van der Waals surface area contributed by atoms with Gasteiger partial charge in [0.2, 0.25) is 0 Å². The number of anilines is 1. The molecule has 0 spiro atoms. The second-order valence-corrected chi connectivity index (χ2v) is 7.74. The minimum absolute atomic E-state index is 0.0132. The fourth-order valence-electron chi connectivity index (χ4n) is 1.78. The predicted octanol–water partition coefficient (Wildman–Crippen LogP) is 3.52. The number of aryl methyl sites for hydroxylation is 2. The molecule has 1 heterocycles. The number of sulfonamides is 1. The van der Waals surface area contributed by atoms with Crippen LogP contribution < -0.4 is 4.72 Å². The molecule has 0 saturated heterocycles. The van der Waals surface area contributed by atoms with E-state index in [1.54, 1.807) is 32.0 Å². The average molecular weight is 346 g/mol. The van der Waals surface area contributed by atoms with Gasteiger partial charge in [0.25, 0.3) is 10.0 Å². The van der Waals surface area contributed by atoms with E-state index in [4.69, 9.17) is 16.7 Å². The van der Waals surface area contributed by atoms with Crippen LogP contribution in [0, 0.1) is 13.8 Å². The molecule has 1 aromatic heterocycles. The maximum absolute atomic E-state index is 12.4. The van der Waals surface area contributed by atoms with Gasteiger partial charge in [-0.15, -0.1) is 11.3 Å². The molecule has 0 saturated carbocycles. The molecular formula is C13H12ClNO4S2. The van der Waals surface area contributed by atoms with Crippen molar-refractivity contribution in [2.75, 3.05) is 4.72 Å². The summed E-state index contributed by atoms with van der Waals surface area (Å²) in [7, 11) is -3.84. The van der Waals surface area contributed by atoms with E-state index in [0.29, 0.717) is 21.2 Å². The number of hydrogen-bond donors (Lipinski definition) is 2. The zero-order valence-corrected chi connectivity index (χ0v) is 13.6. The van der Waals surface area contributed by atoms with Gasteiger partial charge >= 0.3 is 5.97 Å². The van der Waals surface area contributed by atoms with Gasteiger partial charge < -0.3 is 5.11 Å². The first-order valence-electron chi connectivity index (χ1n) is 5.83. The highest BCUT2D eigenvalue weighted by molar-refractivity contribution is 7.93. The lowest BCUT2D eigenvalue weighted by Gasteiger charge is -2.10. The van der Waals surface area contributed by atoms with Crippen molar-refractivity contribution in [2.24, 2.45) is 0 Å². The summed E-state index contributed by atoms with van der Waals surface area (Å²) in [5.74, 6) is -1.15. The van der Waals surface area contributed by atoms with Gasteiger partial charge in [0, 0.05) is 9.90 Å². The van der Waals surface area contributed by atoms with Gasteiger partial charge in [-0.3, -0.25) is 4.72 Å². The van der Waals surface area contributed by atoms with Crippen LogP contribution in [0.4, 0.5) is 5.69 Å². The number of carboxylic acids is 1. The molecule has 2 rings (SSSR count). The van der Waals surface area contributed by atoms with Crippen LogP contribution >= 0.6 is 22.9 Å². The summed E-state index contributed by atoms with van der Waals surface area (Å²) in [5.41, 5.74) is 1.08.